The molecule has 0 bridgehead atoms. The quantitative estimate of drug-likeness (QED) is 0.604. The number of benzene rings is 1. The zero-order chi connectivity index (χ0) is 20.3. The summed E-state index contributed by atoms with van der Waals surface area (Å²) in [5.74, 6) is 0.683. The summed E-state index contributed by atoms with van der Waals surface area (Å²) in [6.07, 6.45) is 13.6. The maximum Gasteiger partial charge on any atom is 0.253 e. The summed E-state index contributed by atoms with van der Waals surface area (Å²) in [7, 11) is 0. The van der Waals surface area contributed by atoms with Gasteiger partial charge >= 0.3 is 0 Å². The summed E-state index contributed by atoms with van der Waals surface area (Å²) in [6.45, 7) is 0.691. The number of hydrogen-bond donors (Lipinski definition) is 2. The van der Waals surface area contributed by atoms with E-state index in [9.17, 15) is 4.79 Å². The van der Waals surface area contributed by atoms with E-state index >= 15 is 0 Å². The predicted octanol–water partition coefficient (Wildman–Crippen LogP) is 5.58. The first kappa shape index (κ1) is 18.9. The molecule has 1 amide bonds. The smallest absolute Gasteiger partial charge is 0.253 e. The molecule has 3 heterocycles. The third kappa shape index (κ3) is 3.82. The monoisotopic (exact) mass is 397 g/mol. The summed E-state index contributed by atoms with van der Waals surface area (Å²) in [6, 6.07) is 14.8. The molecule has 30 heavy (non-hydrogen) atoms. The molecular formula is C26H27N3O. The van der Waals surface area contributed by atoms with E-state index in [1.54, 1.807) is 0 Å². The molecule has 0 radical (unpaired) electrons. The molecule has 2 aromatic heterocycles. The molecule has 3 aromatic rings. The first-order valence-corrected chi connectivity index (χ1v) is 11.0. The Morgan fingerprint density at radius 2 is 1.87 bits per heavy atom. The van der Waals surface area contributed by atoms with Gasteiger partial charge in [0.05, 0.1) is 11.3 Å². The summed E-state index contributed by atoms with van der Waals surface area (Å²) in [5.41, 5.74) is 7.47. The highest BCUT2D eigenvalue weighted by Crippen LogP contribution is 2.35. The predicted molar refractivity (Wildman–Crippen MR) is 121 cm³/mol. The zero-order valence-corrected chi connectivity index (χ0v) is 17.2. The van der Waals surface area contributed by atoms with Gasteiger partial charge in [0, 0.05) is 36.1 Å². The van der Waals surface area contributed by atoms with Crippen molar-refractivity contribution in [1.29, 1.82) is 0 Å². The van der Waals surface area contributed by atoms with Gasteiger partial charge in [-0.1, -0.05) is 49.6 Å². The molecule has 1 aromatic carbocycles. The van der Waals surface area contributed by atoms with Crippen molar-refractivity contribution in [3.63, 3.8) is 0 Å². The molecule has 0 saturated heterocycles. The number of aromatic nitrogens is 2. The third-order valence-corrected chi connectivity index (χ3v) is 6.37. The van der Waals surface area contributed by atoms with Crippen LogP contribution in [0.25, 0.3) is 23.4 Å². The molecule has 2 N–H and O–H groups in total. The van der Waals surface area contributed by atoms with Gasteiger partial charge in [-0.2, -0.15) is 0 Å². The van der Waals surface area contributed by atoms with Crippen LogP contribution in [0, 0.1) is 0 Å². The van der Waals surface area contributed by atoms with E-state index in [-0.39, 0.29) is 5.91 Å². The average molecular weight is 398 g/mol. The minimum atomic E-state index is 0.00671. The topological polar surface area (TPSA) is 57.8 Å². The van der Waals surface area contributed by atoms with Crippen molar-refractivity contribution in [2.75, 3.05) is 6.54 Å². The number of aromatic amines is 1. The Morgan fingerprint density at radius 3 is 2.73 bits per heavy atom. The van der Waals surface area contributed by atoms with Gasteiger partial charge in [-0.25, -0.2) is 0 Å². The molecular weight excluding hydrogens is 370 g/mol. The number of rotatable bonds is 4. The number of fused-ring (bicyclic) bond motifs is 1. The molecule has 1 aliphatic heterocycles. The Morgan fingerprint density at radius 1 is 1.00 bits per heavy atom. The van der Waals surface area contributed by atoms with Crippen LogP contribution in [0.3, 0.4) is 0 Å². The lowest BCUT2D eigenvalue weighted by Gasteiger charge is -2.23. The molecule has 4 nitrogen and oxygen atoms in total. The second-order valence-electron chi connectivity index (χ2n) is 8.35. The van der Waals surface area contributed by atoms with Crippen LogP contribution in [-0.4, -0.2) is 22.4 Å². The Balaban J connectivity index is 1.41. The van der Waals surface area contributed by atoms with Gasteiger partial charge in [-0.3, -0.25) is 9.78 Å². The van der Waals surface area contributed by atoms with Crippen molar-refractivity contribution in [1.82, 2.24) is 15.3 Å². The van der Waals surface area contributed by atoms with Crippen LogP contribution in [0.5, 0.6) is 0 Å². The molecule has 0 spiro atoms. The van der Waals surface area contributed by atoms with Crippen LogP contribution in [0.4, 0.5) is 0 Å². The van der Waals surface area contributed by atoms with Crippen molar-refractivity contribution in [3.05, 3.63) is 76.7 Å². The fraction of sp³-hybridized carbons (Fsp3) is 0.308. The summed E-state index contributed by atoms with van der Waals surface area (Å²) in [5, 5.41) is 2.90. The molecule has 0 atom stereocenters. The number of carbonyl (C=O) groups is 1. The van der Waals surface area contributed by atoms with E-state index in [2.05, 4.69) is 57.8 Å². The number of nitrogens with zero attached hydrogens (tertiary/aromatic N) is 1. The highest BCUT2D eigenvalue weighted by atomic mass is 16.1. The van der Waals surface area contributed by atoms with Gasteiger partial charge in [0.2, 0.25) is 0 Å². The summed E-state index contributed by atoms with van der Waals surface area (Å²) >= 11 is 0. The maximum absolute atomic E-state index is 12.1. The van der Waals surface area contributed by atoms with Crippen molar-refractivity contribution in [2.24, 2.45) is 0 Å². The number of nitrogens with one attached hydrogen (secondary N) is 2. The van der Waals surface area contributed by atoms with Gasteiger partial charge in [0.25, 0.3) is 5.91 Å². The van der Waals surface area contributed by atoms with Gasteiger partial charge in [-0.05, 0) is 54.2 Å². The lowest BCUT2D eigenvalue weighted by molar-refractivity contribution is 0.0946. The molecule has 1 fully saturated rings. The second-order valence-corrected chi connectivity index (χ2v) is 8.35. The fourth-order valence-electron chi connectivity index (χ4n) is 4.78. The normalized spacial score (nSPS) is 17.1. The number of hydrogen-bond acceptors (Lipinski definition) is 2. The first-order valence-electron chi connectivity index (χ1n) is 11.0. The fourth-order valence-corrected chi connectivity index (χ4v) is 4.78. The Labute approximate surface area is 177 Å². The van der Waals surface area contributed by atoms with Crippen LogP contribution in [0.1, 0.15) is 70.9 Å². The molecule has 5 rings (SSSR count). The van der Waals surface area contributed by atoms with Crippen molar-refractivity contribution in [2.45, 2.75) is 44.4 Å². The van der Waals surface area contributed by atoms with E-state index in [0.717, 1.165) is 34.6 Å². The SMILES string of the molecule is O=C1NCCc2[nH]c(-c3ccnc(/C=C/c4ccccc4C4CCCCC4)c3)cc21. The summed E-state index contributed by atoms with van der Waals surface area (Å²) < 4.78 is 0. The van der Waals surface area contributed by atoms with E-state index in [1.807, 2.05) is 18.3 Å². The molecule has 2 aliphatic rings. The highest BCUT2D eigenvalue weighted by Gasteiger charge is 2.20. The Hall–Kier alpha value is -3.14. The molecule has 4 heteroatoms. The zero-order valence-electron chi connectivity index (χ0n) is 17.2. The number of carbonyl (C=O) groups excluding carboxylic acids is 1. The largest absolute Gasteiger partial charge is 0.358 e. The number of pyridine rings is 1. The van der Waals surface area contributed by atoms with Gasteiger partial charge in [0.1, 0.15) is 0 Å². The summed E-state index contributed by atoms with van der Waals surface area (Å²) in [4.78, 5) is 20.0. The van der Waals surface area contributed by atoms with Crippen LogP contribution < -0.4 is 5.32 Å². The maximum atomic E-state index is 12.1. The van der Waals surface area contributed by atoms with E-state index < -0.39 is 0 Å². The van der Waals surface area contributed by atoms with Crippen LogP contribution in [-0.2, 0) is 6.42 Å². The first-order chi connectivity index (χ1) is 14.8. The van der Waals surface area contributed by atoms with Crippen LogP contribution >= 0.6 is 0 Å². The lowest BCUT2D eigenvalue weighted by Crippen LogP contribution is -2.31. The molecule has 1 aliphatic carbocycles. The molecule has 152 valence electrons. The average Bonchev–Trinajstić information content (AvgIpc) is 3.25. The Kier molecular flexibility index (Phi) is 5.22. The van der Waals surface area contributed by atoms with Gasteiger partial charge < -0.3 is 10.3 Å². The van der Waals surface area contributed by atoms with Crippen molar-refractivity contribution < 1.29 is 4.79 Å². The lowest BCUT2D eigenvalue weighted by atomic mass is 9.82. The standard InChI is InChI=1S/C26H27N3O/c30-26-23-17-25(29-24(23)13-15-28-26)20-12-14-27-21(16-20)11-10-19-8-4-5-9-22(19)18-6-2-1-3-7-18/h4-5,8-12,14,16-18,29H,1-3,6-7,13,15H2,(H,28,30)/b11-10+. The number of H-pyrrole nitrogens is 1. The van der Waals surface area contributed by atoms with Crippen LogP contribution in [0.2, 0.25) is 0 Å². The number of amides is 1. The molecule has 0 unspecified atom stereocenters. The third-order valence-electron chi connectivity index (χ3n) is 6.37. The minimum Gasteiger partial charge on any atom is -0.358 e. The van der Waals surface area contributed by atoms with Gasteiger partial charge in [0.15, 0.2) is 0 Å². The second kappa shape index (κ2) is 8.31. The van der Waals surface area contributed by atoms with Gasteiger partial charge in [-0.15, -0.1) is 0 Å². The van der Waals surface area contributed by atoms with Crippen LogP contribution in [0.15, 0.2) is 48.7 Å². The highest BCUT2D eigenvalue weighted by molar-refractivity contribution is 5.97. The van der Waals surface area contributed by atoms with E-state index in [4.69, 9.17) is 0 Å². The van der Waals surface area contributed by atoms with Crippen molar-refractivity contribution in [3.8, 4) is 11.3 Å². The minimum absolute atomic E-state index is 0.00671. The Bertz CT molecular complexity index is 1090. The van der Waals surface area contributed by atoms with Crippen molar-refractivity contribution >= 4 is 18.1 Å². The molecule has 1 saturated carbocycles. The van der Waals surface area contributed by atoms with E-state index in [1.165, 1.54) is 43.2 Å². The van der Waals surface area contributed by atoms with E-state index in [0.29, 0.717) is 12.5 Å².